The summed E-state index contributed by atoms with van der Waals surface area (Å²) in [7, 11) is 3.97. The van der Waals surface area contributed by atoms with Crippen molar-refractivity contribution in [3.8, 4) is 0 Å². The van der Waals surface area contributed by atoms with Crippen LogP contribution in [-0.2, 0) is 4.74 Å². The molecule has 2 N–H and O–H groups in total. The Balaban J connectivity index is 1.25. The number of rotatable bonds is 2. The van der Waals surface area contributed by atoms with Crippen molar-refractivity contribution in [2.75, 3.05) is 44.0 Å². The van der Waals surface area contributed by atoms with Crippen molar-refractivity contribution in [1.29, 1.82) is 0 Å². The van der Waals surface area contributed by atoms with Crippen LogP contribution in [0.2, 0.25) is 0 Å². The van der Waals surface area contributed by atoms with Crippen molar-refractivity contribution in [3.63, 3.8) is 0 Å². The minimum Gasteiger partial charge on any atom is -0.378 e. The summed E-state index contributed by atoms with van der Waals surface area (Å²) in [6, 6.07) is 15.3. The number of likely N-dealkylation sites (tertiary alicyclic amines) is 1. The van der Waals surface area contributed by atoms with E-state index < -0.39 is 5.66 Å². The first-order valence-corrected chi connectivity index (χ1v) is 10.8. The number of carbonyl (C=O) groups is 2. The standard InChI is InChI=1S/C24H28N4O3/c1-27(2)18-9-7-17(8-10-18)22(30)28-13-11-23(12-14-28)15-24(16-31-23)25-20-6-4-3-5-19(20)21(29)26-24/h3-10,25H,11-16H2,1-2H3,(H,26,29). The van der Waals surface area contributed by atoms with E-state index in [-0.39, 0.29) is 17.4 Å². The molecule has 2 saturated heterocycles. The highest BCUT2D eigenvalue weighted by atomic mass is 16.5. The van der Waals surface area contributed by atoms with Gasteiger partial charge in [-0.3, -0.25) is 9.59 Å². The normalized spacial score (nSPS) is 23.9. The van der Waals surface area contributed by atoms with Gasteiger partial charge >= 0.3 is 0 Å². The molecule has 0 bridgehead atoms. The SMILES string of the molecule is CN(C)c1ccc(C(=O)N2CCC3(CC2)CC2(CO3)NC(=O)c3ccccc3N2)cc1. The number of carbonyl (C=O) groups excluding carboxylic acids is 2. The van der Waals surface area contributed by atoms with Crippen LogP contribution >= 0.6 is 0 Å². The van der Waals surface area contributed by atoms with Crippen molar-refractivity contribution >= 4 is 23.2 Å². The molecule has 3 heterocycles. The van der Waals surface area contributed by atoms with Crippen molar-refractivity contribution in [2.45, 2.75) is 30.5 Å². The minimum absolute atomic E-state index is 0.0610. The zero-order valence-electron chi connectivity index (χ0n) is 18.0. The molecule has 1 atom stereocenters. The van der Waals surface area contributed by atoms with Crippen LogP contribution in [0.1, 0.15) is 40.0 Å². The summed E-state index contributed by atoms with van der Waals surface area (Å²) in [5, 5.41) is 6.64. The van der Waals surface area contributed by atoms with Crippen molar-refractivity contribution < 1.29 is 14.3 Å². The molecule has 0 aromatic heterocycles. The van der Waals surface area contributed by atoms with Crippen LogP contribution in [0.4, 0.5) is 11.4 Å². The fourth-order valence-electron chi connectivity index (χ4n) is 4.98. The third kappa shape index (κ3) is 3.53. The van der Waals surface area contributed by atoms with Gasteiger partial charge in [-0.2, -0.15) is 0 Å². The van der Waals surface area contributed by atoms with Crippen LogP contribution in [0.5, 0.6) is 0 Å². The van der Waals surface area contributed by atoms with Crippen LogP contribution in [0.25, 0.3) is 0 Å². The van der Waals surface area contributed by atoms with Crippen molar-refractivity contribution in [1.82, 2.24) is 10.2 Å². The highest BCUT2D eigenvalue weighted by molar-refractivity contribution is 6.02. The zero-order valence-corrected chi connectivity index (χ0v) is 18.0. The molecule has 2 fully saturated rings. The van der Waals surface area contributed by atoms with Crippen LogP contribution in [0.3, 0.4) is 0 Å². The Hall–Kier alpha value is -3.06. The fourth-order valence-corrected chi connectivity index (χ4v) is 4.98. The first kappa shape index (κ1) is 19.9. The number of benzene rings is 2. The number of para-hydroxylation sites is 1. The molecule has 3 aliphatic heterocycles. The van der Waals surface area contributed by atoms with E-state index in [1.54, 1.807) is 0 Å². The largest absolute Gasteiger partial charge is 0.378 e. The second-order valence-corrected chi connectivity index (χ2v) is 9.09. The van der Waals surface area contributed by atoms with Gasteiger partial charge < -0.3 is 25.2 Å². The lowest BCUT2D eigenvalue weighted by molar-refractivity contribution is -0.0393. The molecule has 1 unspecified atom stereocenters. The van der Waals surface area contributed by atoms with Gasteiger partial charge in [-0.25, -0.2) is 0 Å². The number of anilines is 2. The second kappa shape index (κ2) is 7.27. The number of ether oxygens (including phenoxy) is 1. The first-order chi connectivity index (χ1) is 14.9. The van der Waals surface area contributed by atoms with Gasteiger partial charge in [0, 0.05) is 50.5 Å². The number of fused-ring (bicyclic) bond motifs is 1. The smallest absolute Gasteiger partial charge is 0.255 e. The second-order valence-electron chi connectivity index (χ2n) is 9.09. The summed E-state index contributed by atoms with van der Waals surface area (Å²) in [4.78, 5) is 29.5. The number of amides is 2. The van der Waals surface area contributed by atoms with E-state index in [2.05, 4.69) is 10.6 Å². The molecule has 5 rings (SSSR count). The Morgan fingerprint density at radius 2 is 1.74 bits per heavy atom. The summed E-state index contributed by atoms with van der Waals surface area (Å²) < 4.78 is 6.29. The molecular weight excluding hydrogens is 392 g/mol. The molecule has 0 aliphatic carbocycles. The maximum atomic E-state index is 13.0. The van der Waals surface area contributed by atoms with Crippen LogP contribution in [0.15, 0.2) is 48.5 Å². The average Bonchev–Trinajstić information content (AvgIpc) is 3.10. The van der Waals surface area contributed by atoms with Gasteiger partial charge in [0.25, 0.3) is 11.8 Å². The topological polar surface area (TPSA) is 73.9 Å². The highest BCUT2D eigenvalue weighted by Gasteiger charge is 2.53. The maximum Gasteiger partial charge on any atom is 0.255 e. The van der Waals surface area contributed by atoms with E-state index in [0.717, 1.165) is 24.2 Å². The summed E-state index contributed by atoms with van der Waals surface area (Å²) in [6.07, 6.45) is 2.21. The van der Waals surface area contributed by atoms with E-state index in [4.69, 9.17) is 4.74 Å². The Labute approximate surface area is 182 Å². The van der Waals surface area contributed by atoms with Crippen LogP contribution in [0, 0.1) is 0 Å². The fraction of sp³-hybridized carbons (Fsp3) is 0.417. The molecule has 2 spiro atoms. The Kier molecular flexibility index (Phi) is 4.66. The van der Waals surface area contributed by atoms with Crippen molar-refractivity contribution in [3.05, 3.63) is 59.7 Å². The van der Waals surface area contributed by atoms with E-state index in [9.17, 15) is 9.59 Å². The number of hydrogen-bond donors (Lipinski definition) is 2. The molecule has 2 amide bonds. The van der Waals surface area contributed by atoms with Gasteiger partial charge in [-0.15, -0.1) is 0 Å². The van der Waals surface area contributed by atoms with Crippen LogP contribution in [-0.4, -0.2) is 61.8 Å². The molecule has 2 aromatic carbocycles. The lowest BCUT2D eigenvalue weighted by Gasteiger charge is -2.41. The van der Waals surface area contributed by atoms with Gasteiger partial charge in [-0.1, -0.05) is 12.1 Å². The molecule has 7 heteroatoms. The zero-order chi connectivity index (χ0) is 21.6. The Bertz CT molecular complexity index is 1010. The lowest BCUT2D eigenvalue weighted by atomic mass is 9.84. The lowest BCUT2D eigenvalue weighted by Crippen LogP contribution is -2.59. The predicted octanol–water partition coefficient (Wildman–Crippen LogP) is 2.70. The van der Waals surface area contributed by atoms with Gasteiger partial charge in [0.1, 0.15) is 5.66 Å². The third-order valence-electron chi connectivity index (χ3n) is 6.74. The Morgan fingerprint density at radius 3 is 2.45 bits per heavy atom. The minimum atomic E-state index is -0.584. The highest BCUT2D eigenvalue weighted by Crippen LogP contribution is 2.43. The summed E-state index contributed by atoms with van der Waals surface area (Å²) in [5.74, 6) is -0.00493. The molecule has 0 saturated carbocycles. The van der Waals surface area contributed by atoms with Gasteiger partial charge in [0.15, 0.2) is 0 Å². The summed E-state index contributed by atoms with van der Waals surface area (Å²) >= 11 is 0. The van der Waals surface area contributed by atoms with Gasteiger partial charge in [-0.05, 0) is 49.2 Å². The average molecular weight is 421 g/mol. The molecule has 0 radical (unpaired) electrons. The van der Waals surface area contributed by atoms with Crippen molar-refractivity contribution in [2.24, 2.45) is 0 Å². The molecule has 162 valence electrons. The van der Waals surface area contributed by atoms with E-state index >= 15 is 0 Å². The number of piperidine rings is 1. The maximum absolute atomic E-state index is 13.0. The van der Waals surface area contributed by atoms with E-state index in [0.29, 0.717) is 37.2 Å². The van der Waals surface area contributed by atoms with Crippen LogP contribution < -0.4 is 15.5 Å². The monoisotopic (exact) mass is 420 g/mol. The quantitative estimate of drug-likeness (QED) is 0.782. The molecular formula is C24H28N4O3. The number of nitrogens with one attached hydrogen (secondary N) is 2. The molecule has 2 aromatic rings. The van der Waals surface area contributed by atoms with E-state index in [1.807, 2.05) is 72.4 Å². The number of nitrogens with zero attached hydrogens (tertiary/aromatic N) is 2. The predicted molar refractivity (Wildman–Crippen MR) is 119 cm³/mol. The summed E-state index contributed by atoms with van der Waals surface area (Å²) in [5.41, 5.74) is 2.39. The van der Waals surface area contributed by atoms with E-state index in [1.165, 1.54) is 0 Å². The van der Waals surface area contributed by atoms with Gasteiger partial charge in [0.2, 0.25) is 0 Å². The number of hydrogen-bond acceptors (Lipinski definition) is 5. The first-order valence-electron chi connectivity index (χ1n) is 10.8. The Morgan fingerprint density at radius 1 is 1.03 bits per heavy atom. The summed E-state index contributed by atoms with van der Waals surface area (Å²) in [6.45, 7) is 1.72. The molecule has 31 heavy (non-hydrogen) atoms. The van der Waals surface area contributed by atoms with Gasteiger partial charge in [0.05, 0.1) is 17.8 Å². The molecule has 3 aliphatic rings. The molecule has 7 nitrogen and oxygen atoms in total. The third-order valence-corrected chi connectivity index (χ3v) is 6.74.